The second-order valence-corrected chi connectivity index (χ2v) is 11.0. The van der Waals surface area contributed by atoms with Crippen LogP contribution in [0, 0.1) is 6.92 Å². The van der Waals surface area contributed by atoms with Crippen LogP contribution in [0.25, 0.3) is 5.76 Å². The molecule has 0 aliphatic carbocycles. The van der Waals surface area contributed by atoms with Gasteiger partial charge in [-0.1, -0.05) is 68.2 Å². The highest BCUT2D eigenvalue weighted by atomic mass is 35.5. The average molecular weight is 554 g/mol. The van der Waals surface area contributed by atoms with Gasteiger partial charge in [0.2, 0.25) is 0 Å². The Hall–Kier alpha value is -3.48. The molecule has 1 unspecified atom stereocenters. The van der Waals surface area contributed by atoms with E-state index in [-0.39, 0.29) is 27.3 Å². The van der Waals surface area contributed by atoms with Crippen molar-refractivity contribution in [2.24, 2.45) is 0 Å². The maximum absolute atomic E-state index is 13.6. The summed E-state index contributed by atoms with van der Waals surface area (Å²) in [5.74, 6) is -1.41. The van der Waals surface area contributed by atoms with Crippen molar-refractivity contribution in [2.75, 3.05) is 19.1 Å². The number of nitrogens with zero attached hydrogens (tertiary/aromatic N) is 1. The maximum atomic E-state index is 13.6. The number of rotatable bonds is 5. The Morgan fingerprint density at radius 2 is 1.55 bits per heavy atom. The van der Waals surface area contributed by atoms with E-state index in [2.05, 4.69) is 20.8 Å². The predicted octanol–water partition coefficient (Wildman–Crippen LogP) is 7.24. The summed E-state index contributed by atoms with van der Waals surface area (Å²) in [4.78, 5) is 28.5. The van der Waals surface area contributed by atoms with Crippen molar-refractivity contribution in [3.05, 3.63) is 92.5 Å². The first-order valence-electron chi connectivity index (χ1n) is 12.0. The number of halogens is 2. The molecule has 1 atom stereocenters. The van der Waals surface area contributed by atoms with Gasteiger partial charge in [0.25, 0.3) is 11.7 Å². The molecule has 198 valence electrons. The Morgan fingerprint density at radius 1 is 0.921 bits per heavy atom. The van der Waals surface area contributed by atoms with Crippen LogP contribution in [0.15, 0.2) is 60.2 Å². The van der Waals surface area contributed by atoms with E-state index in [4.69, 9.17) is 32.7 Å². The van der Waals surface area contributed by atoms with Crippen LogP contribution in [-0.2, 0) is 15.0 Å². The normalized spacial score (nSPS) is 17.2. The van der Waals surface area contributed by atoms with Gasteiger partial charge in [-0.2, -0.15) is 0 Å². The number of anilines is 1. The first-order valence-corrected chi connectivity index (χ1v) is 12.7. The van der Waals surface area contributed by atoms with Crippen LogP contribution in [0.5, 0.6) is 11.5 Å². The van der Waals surface area contributed by atoms with Crippen LogP contribution >= 0.6 is 23.2 Å². The van der Waals surface area contributed by atoms with Crippen LogP contribution in [0.1, 0.15) is 49.1 Å². The number of hydrogen-bond donors (Lipinski definition) is 1. The number of carbonyl (C=O) groups excluding carboxylic acids is 2. The molecule has 1 aliphatic rings. The van der Waals surface area contributed by atoms with Crippen molar-refractivity contribution in [1.29, 1.82) is 0 Å². The molecule has 3 aromatic rings. The molecule has 1 saturated heterocycles. The van der Waals surface area contributed by atoms with E-state index in [9.17, 15) is 14.7 Å². The van der Waals surface area contributed by atoms with E-state index in [1.54, 1.807) is 18.2 Å². The number of carbonyl (C=O) groups is 2. The van der Waals surface area contributed by atoms with Gasteiger partial charge in [0.15, 0.2) is 0 Å². The smallest absolute Gasteiger partial charge is 0.300 e. The fourth-order valence-corrected chi connectivity index (χ4v) is 5.11. The molecule has 1 aliphatic heterocycles. The lowest BCUT2D eigenvalue weighted by atomic mass is 9.85. The molecule has 0 bridgehead atoms. The molecular formula is C30H29Cl2NO5. The van der Waals surface area contributed by atoms with Crippen LogP contribution in [0.3, 0.4) is 0 Å². The van der Waals surface area contributed by atoms with E-state index in [1.807, 2.05) is 31.2 Å². The van der Waals surface area contributed by atoms with Crippen LogP contribution in [0.4, 0.5) is 5.69 Å². The molecular weight excluding hydrogens is 525 g/mol. The molecule has 1 N–H and O–H groups in total. The third kappa shape index (κ3) is 4.86. The highest BCUT2D eigenvalue weighted by Gasteiger charge is 2.47. The largest absolute Gasteiger partial charge is 0.507 e. The Labute approximate surface area is 232 Å². The predicted molar refractivity (Wildman–Crippen MR) is 151 cm³/mol. The van der Waals surface area contributed by atoms with Crippen LogP contribution in [-0.4, -0.2) is 31.0 Å². The highest BCUT2D eigenvalue weighted by Crippen LogP contribution is 2.46. The van der Waals surface area contributed by atoms with Crippen LogP contribution in [0.2, 0.25) is 10.0 Å². The number of aryl methyl sites for hydroxylation is 1. The van der Waals surface area contributed by atoms with E-state index in [0.29, 0.717) is 27.6 Å². The van der Waals surface area contributed by atoms with Crippen molar-refractivity contribution in [3.63, 3.8) is 0 Å². The molecule has 1 amide bonds. The molecule has 0 spiro atoms. The second kappa shape index (κ2) is 10.4. The maximum Gasteiger partial charge on any atom is 0.300 e. The minimum atomic E-state index is -0.908. The molecule has 1 heterocycles. The highest BCUT2D eigenvalue weighted by molar-refractivity contribution is 6.52. The number of ether oxygens (including phenoxy) is 2. The Morgan fingerprint density at radius 3 is 2.11 bits per heavy atom. The topological polar surface area (TPSA) is 76.1 Å². The van der Waals surface area contributed by atoms with Crippen molar-refractivity contribution in [2.45, 2.75) is 39.2 Å². The fraction of sp³-hybridized carbons (Fsp3) is 0.267. The Kier molecular flexibility index (Phi) is 7.51. The molecule has 0 saturated carbocycles. The molecule has 38 heavy (non-hydrogen) atoms. The minimum absolute atomic E-state index is 0.0765. The van der Waals surface area contributed by atoms with Crippen LogP contribution < -0.4 is 14.4 Å². The number of methoxy groups -OCH3 is 2. The molecule has 0 aromatic heterocycles. The summed E-state index contributed by atoms with van der Waals surface area (Å²) in [7, 11) is 2.89. The summed E-state index contributed by atoms with van der Waals surface area (Å²) in [5.41, 5.74) is 2.96. The lowest BCUT2D eigenvalue weighted by Crippen LogP contribution is -2.30. The van der Waals surface area contributed by atoms with Crippen molar-refractivity contribution >= 4 is 46.3 Å². The zero-order chi connectivity index (χ0) is 27.9. The lowest BCUT2D eigenvalue weighted by molar-refractivity contribution is -0.132. The first kappa shape index (κ1) is 27.6. The van der Waals surface area contributed by atoms with E-state index in [0.717, 1.165) is 5.56 Å². The van der Waals surface area contributed by atoms with Gasteiger partial charge >= 0.3 is 0 Å². The number of ketones is 1. The number of amides is 1. The second-order valence-electron chi connectivity index (χ2n) is 10.2. The number of aliphatic hydroxyl groups is 1. The van der Waals surface area contributed by atoms with E-state index < -0.39 is 23.5 Å². The summed E-state index contributed by atoms with van der Waals surface area (Å²) < 4.78 is 10.7. The van der Waals surface area contributed by atoms with Crippen molar-refractivity contribution in [1.82, 2.24) is 0 Å². The average Bonchev–Trinajstić information content (AvgIpc) is 3.13. The van der Waals surface area contributed by atoms with Crippen molar-refractivity contribution < 1.29 is 24.2 Å². The zero-order valence-electron chi connectivity index (χ0n) is 22.1. The summed E-state index contributed by atoms with van der Waals surface area (Å²) in [6.07, 6.45) is 0. The quantitative estimate of drug-likeness (QED) is 0.204. The van der Waals surface area contributed by atoms with Gasteiger partial charge in [-0.3, -0.25) is 14.5 Å². The number of Topliss-reactive ketones (excluding diaryl/α,β-unsaturated/α-hetero) is 1. The van der Waals surface area contributed by atoms with Gasteiger partial charge in [0.1, 0.15) is 17.3 Å². The van der Waals surface area contributed by atoms with Gasteiger partial charge < -0.3 is 14.6 Å². The SMILES string of the molecule is COc1cc(OC)c(/C(O)=C2\C(=O)C(=O)N(c3ccc(Cl)cc3C)C2c2ccc(C(C)(C)C)cc2)cc1Cl. The fourth-order valence-electron chi connectivity index (χ4n) is 4.64. The summed E-state index contributed by atoms with van der Waals surface area (Å²) in [6, 6.07) is 14.8. The third-order valence-electron chi connectivity index (χ3n) is 6.68. The monoisotopic (exact) mass is 553 g/mol. The lowest BCUT2D eigenvalue weighted by Gasteiger charge is -2.28. The van der Waals surface area contributed by atoms with E-state index in [1.165, 1.54) is 31.3 Å². The third-order valence-corrected chi connectivity index (χ3v) is 7.21. The van der Waals surface area contributed by atoms with E-state index >= 15 is 0 Å². The number of hydrogen-bond acceptors (Lipinski definition) is 5. The molecule has 8 heteroatoms. The summed E-state index contributed by atoms with van der Waals surface area (Å²) >= 11 is 12.5. The molecule has 4 rings (SSSR count). The van der Waals surface area contributed by atoms with Crippen molar-refractivity contribution in [3.8, 4) is 11.5 Å². The standard InChI is InChI=1S/C30H29Cl2NO5/c1-16-13-19(31)11-12-22(16)33-26(17-7-9-18(10-8-17)30(2,3)4)25(28(35)29(33)36)27(34)20-14-21(32)24(38-6)15-23(20)37-5/h7-15,26,34H,1-6H3/b27-25+. The molecule has 3 aromatic carbocycles. The molecule has 6 nitrogen and oxygen atoms in total. The summed E-state index contributed by atoms with van der Waals surface area (Å²) in [5, 5.41) is 12.3. The minimum Gasteiger partial charge on any atom is -0.507 e. The van der Waals surface area contributed by atoms with Gasteiger partial charge in [0.05, 0.1) is 36.4 Å². The van der Waals surface area contributed by atoms with Gasteiger partial charge in [-0.25, -0.2) is 0 Å². The Bertz CT molecular complexity index is 1450. The number of benzene rings is 3. The first-order chi connectivity index (χ1) is 17.9. The number of aliphatic hydroxyl groups excluding tert-OH is 1. The zero-order valence-corrected chi connectivity index (χ0v) is 23.6. The van der Waals surface area contributed by atoms with Gasteiger partial charge in [0, 0.05) is 16.8 Å². The van der Waals surface area contributed by atoms with Gasteiger partial charge in [-0.05, 0) is 53.3 Å². The van der Waals surface area contributed by atoms with Gasteiger partial charge in [-0.15, -0.1) is 0 Å². The molecule has 0 radical (unpaired) electrons. The molecule has 1 fully saturated rings. The summed E-state index contributed by atoms with van der Waals surface area (Å²) in [6.45, 7) is 8.12. The Balaban J connectivity index is 2.00.